The zero-order valence-electron chi connectivity index (χ0n) is 26.8. The number of nitrogens with one attached hydrogen (secondary N) is 1. The summed E-state index contributed by atoms with van der Waals surface area (Å²) in [7, 11) is -2.20. The van der Waals surface area contributed by atoms with E-state index in [0.717, 1.165) is 12.8 Å². The second kappa shape index (κ2) is 16.0. The Balaban J connectivity index is 1.66. The molecule has 12 heteroatoms. The van der Waals surface area contributed by atoms with Crippen molar-refractivity contribution in [2.24, 2.45) is 5.92 Å². The van der Waals surface area contributed by atoms with Crippen LogP contribution < -0.4 is 9.46 Å². The minimum atomic E-state index is -3.91. The van der Waals surface area contributed by atoms with Crippen LogP contribution in [0.1, 0.15) is 60.7 Å². The molecule has 0 aliphatic carbocycles. The predicted octanol–water partition coefficient (Wildman–Crippen LogP) is 4.45. The van der Waals surface area contributed by atoms with Crippen molar-refractivity contribution >= 4 is 27.5 Å². The minimum absolute atomic E-state index is 0.0917. The first-order valence-electron chi connectivity index (χ1n) is 15.6. The van der Waals surface area contributed by atoms with E-state index in [1.54, 1.807) is 78.6 Å². The zero-order valence-corrected chi connectivity index (χ0v) is 27.7. The van der Waals surface area contributed by atoms with Crippen LogP contribution in [0.5, 0.6) is 5.75 Å². The van der Waals surface area contributed by atoms with Gasteiger partial charge in [0.05, 0.1) is 35.3 Å². The molecule has 0 bridgehead atoms. The molecule has 0 spiro atoms. The normalized spacial score (nSPS) is 20.5. The Hall–Kier alpha value is -4.00. The number of hydrogen-bond acceptors (Lipinski definition) is 8. The number of anilines is 1. The Kier molecular flexibility index (Phi) is 12.1. The molecule has 0 saturated carbocycles. The number of aliphatic hydroxyl groups is 1. The van der Waals surface area contributed by atoms with Crippen LogP contribution >= 0.6 is 0 Å². The molecule has 4 rings (SSSR count). The van der Waals surface area contributed by atoms with Gasteiger partial charge < -0.3 is 24.4 Å². The fourth-order valence-electron chi connectivity index (χ4n) is 5.33. The van der Waals surface area contributed by atoms with Gasteiger partial charge in [0.15, 0.2) is 0 Å². The van der Waals surface area contributed by atoms with E-state index in [0.29, 0.717) is 30.9 Å². The third kappa shape index (κ3) is 9.05. The Morgan fingerprint density at radius 1 is 1.11 bits per heavy atom. The summed E-state index contributed by atoms with van der Waals surface area (Å²) in [5.41, 5.74) is 0.892. The Morgan fingerprint density at radius 2 is 1.83 bits per heavy atom. The third-order valence-corrected chi connectivity index (χ3v) is 9.48. The number of amides is 2. The first-order valence-corrected chi connectivity index (χ1v) is 17.1. The van der Waals surface area contributed by atoms with Crippen LogP contribution in [-0.2, 0) is 14.8 Å². The number of carbonyl (C=O) groups excluding carboxylic acids is 2. The lowest BCUT2D eigenvalue weighted by molar-refractivity contribution is -0.0149. The van der Waals surface area contributed by atoms with Crippen LogP contribution in [0.3, 0.4) is 0 Å². The molecule has 2 aromatic carbocycles. The van der Waals surface area contributed by atoms with Crippen LogP contribution in [0, 0.1) is 5.92 Å². The molecule has 2 N–H and O–H groups in total. The number of carbonyl (C=O) groups is 2. The summed E-state index contributed by atoms with van der Waals surface area (Å²) in [6, 6.07) is 15.4. The van der Waals surface area contributed by atoms with Crippen molar-refractivity contribution in [1.82, 2.24) is 14.8 Å². The van der Waals surface area contributed by atoms with Crippen molar-refractivity contribution in [3.05, 3.63) is 84.2 Å². The fourth-order valence-corrected chi connectivity index (χ4v) is 6.40. The molecule has 1 aliphatic rings. The smallest absolute Gasteiger partial charge is 0.261 e. The largest absolute Gasteiger partial charge is 0.490 e. The van der Waals surface area contributed by atoms with Crippen LogP contribution in [0.25, 0.3) is 0 Å². The van der Waals surface area contributed by atoms with E-state index in [1.807, 2.05) is 13.8 Å². The number of rotatable bonds is 8. The summed E-state index contributed by atoms with van der Waals surface area (Å²) in [6.07, 6.45) is 4.81. The number of ether oxygens (including phenoxy) is 2. The first-order chi connectivity index (χ1) is 22.0. The lowest BCUT2D eigenvalue weighted by Crippen LogP contribution is -2.48. The molecule has 0 saturated heterocycles. The summed E-state index contributed by atoms with van der Waals surface area (Å²) in [5, 5.41) is 10.2. The summed E-state index contributed by atoms with van der Waals surface area (Å²) in [4.78, 5) is 34.7. The molecule has 248 valence electrons. The molecule has 0 radical (unpaired) electrons. The lowest BCUT2D eigenvalue weighted by Gasteiger charge is -2.36. The van der Waals surface area contributed by atoms with Crippen LogP contribution in [0.15, 0.2) is 78.0 Å². The van der Waals surface area contributed by atoms with E-state index in [1.165, 1.54) is 18.2 Å². The number of likely N-dealkylation sites (N-methyl/N-ethyl adjacent to an activating group) is 1. The average molecular weight is 653 g/mol. The van der Waals surface area contributed by atoms with E-state index in [-0.39, 0.29) is 47.2 Å². The number of aromatic nitrogens is 1. The van der Waals surface area contributed by atoms with Gasteiger partial charge in [-0.25, -0.2) is 8.42 Å². The monoisotopic (exact) mass is 652 g/mol. The van der Waals surface area contributed by atoms with E-state index >= 15 is 0 Å². The van der Waals surface area contributed by atoms with Gasteiger partial charge in [-0.1, -0.05) is 25.1 Å². The second-order valence-electron chi connectivity index (χ2n) is 11.9. The van der Waals surface area contributed by atoms with Gasteiger partial charge in [0.25, 0.3) is 21.8 Å². The fraction of sp³-hybridized carbons (Fsp3) is 0.441. The molecule has 1 aromatic heterocycles. The van der Waals surface area contributed by atoms with Gasteiger partial charge >= 0.3 is 0 Å². The van der Waals surface area contributed by atoms with Gasteiger partial charge in [-0.2, -0.15) is 0 Å². The Bertz CT molecular complexity index is 1560. The van der Waals surface area contributed by atoms with Gasteiger partial charge in [0, 0.05) is 56.3 Å². The maximum Gasteiger partial charge on any atom is 0.261 e. The summed E-state index contributed by atoms with van der Waals surface area (Å²) in [5.74, 6) is -0.500. The number of sulfonamides is 1. The van der Waals surface area contributed by atoms with Crippen LogP contribution in [0.2, 0.25) is 0 Å². The summed E-state index contributed by atoms with van der Waals surface area (Å²) < 4.78 is 41.3. The number of pyridine rings is 1. The maximum absolute atomic E-state index is 14.3. The molecule has 0 unspecified atom stereocenters. The van der Waals surface area contributed by atoms with Gasteiger partial charge in [0.1, 0.15) is 5.75 Å². The highest BCUT2D eigenvalue weighted by atomic mass is 32.2. The Morgan fingerprint density at radius 3 is 2.52 bits per heavy atom. The van der Waals surface area contributed by atoms with Crippen molar-refractivity contribution in [2.75, 3.05) is 38.1 Å². The average Bonchev–Trinajstić information content (AvgIpc) is 3.06. The number of benzene rings is 2. The highest BCUT2D eigenvalue weighted by molar-refractivity contribution is 7.92. The molecule has 11 nitrogen and oxygen atoms in total. The van der Waals surface area contributed by atoms with Gasteiger partial charge in [0.2, 0.25) is 0 Å². The number of aliphatic hydroxyl groups excluding tert-OH is 1. The van der Waals surface area contributed by atoms with E-state index in [2.05, 4.69) is 9.71 Å². The number of hydrogen-bond donors (Lipinski definition) is 2. The van der Waals surface area contributed by atoms with E-state index in [4.69, 9.17) is 9.47 Å². The topological polar surface area (TPSA) is 138 Å². The SMILES string of the molecule is C[C@@H]1CN([C@@H](C)CO)C(=O)c2cc(NS(=O)(=O)c3ccccc3)ccc2O[C@@H](C)CCCCO[C@@H]1CN(C)C(=O)c1ccncc1. The third-order valence-electron chi connectivity index (χ3n) is 8.09. The quantitative estimate of drug-likeness (QED) is 0.364. The molecule has 4 atom stereocenters. The van der Waals surface area contributed by atoms with Crippen molar-refractivity contribution < 1.29 is 32.6 Å². The lowest BCUT2D eigenvalue weighted by atomic mass is 10.0. The zero-order chi connectivity index (χ0) is 33.3. The highest BCUT2D eigenvalue weighted by Gasteiger charge is 2.31. The number of nitrogens with zero attached hydrogens (tertiary/aromatic N) is 3. The molecule has 2 amide bonds. The van der Waals surface area contributed by atoms with Gasteiger partial charge in [-0.3, -0.25) is 19.3 Å². The molecule has 1 aliphatic heterocycles. The predicted molar refractivity (Wildman–Crippen MR) is 175 cm³/mol. The molecule has 2 heterocycles. The van der Waals surface area contributed by atoms with Gasteiger partial charge in [-0.05, 0) is 75.6 Å². The van der Waals surface area contributed by atoms with Gasteiger partial charge in [-0.15, -0.1) is 0 Å². The van der Waals surface area contributed by atoms with Crippen molar-refractivity contribution in [2.45, 2.75) is 63.2 Å². The van der Waals surface area contributed by atoms with E-state index in [9.17, 15) is 23.1 Å². The number of fused-ring (bicyclic) bond motifs is 1. The second-order valence-corrected chi connectivity index (χ2v) is 13.5. The summed E-state index contributed by atoms with van der Waals surface area (Å²) in [6.45, 7) is 6.30. The Labute approximate surface area is 271 Å². The van der Waals surface area contributed by atoms with Crippen LogP contribution in [-0.4, -0.2) is 91.7 Å². The van der Waals surface area contributed by atoms with E-state index < -0.39 is 28.1 Å². The minimum Gasteiger partial charge on any atom is -0.490 e. The summed E-state index contributed by atoms with van der Waals surface area (Å²) >= 11 is 0. The standard InChI is InChI=1S/C34H44N4O7S/c1-24-21-38(25(2)23-39)34(41)30-20-28(36-46(42,43)29-11-6-5-7-12-29)13-14-31(30)45-26(3)10-8-9-19-44-32(24)22-37(4)33(40)27-15-17-35-18-16-27/h5-7,11-18,20,24-26,32,36,39H,8-10,19,21-23H2,1-4H3/t24-,25+,26+,32-/m1/s1. The molecular weight excluding hydrogens is 608 g/mol. The van der Waals surface area contributed by atoms with Crippen molar-refractivity contribution in [3.8, 4) is 5.75 Å². The molecular formula is C34H44N4O7S. The van der Waals surface area contributed by atoms with Crippen LogP contribution in [0.4, 0.5) is 5.69 Å². The van der Waals surface area contributed by atoms with Crippen molar-refractivity contribution in [3.63, 3.8) is 0 Å². The van der Waals surface area contributed by atoms with Crippen molar-refractivity contribution in [1.29, 1.82) is 0 Å². The first kappa shape index (κ1) is 34.9. The molecule has 0 fully saturated rings. The maximum atomic E-state index is 14.3. The molecule has 3 aromatic rings. The molecule has 46 heavy (non-hydrogen) atoms. The highest BCUT2D eigenvalue weighted by Crippen LogP contribution is 2.29.